The Morgan fingerprint density at radius 1 is 0.875 bits per heavy atom. The van der Waals surface area contributed by atoms with Crippen molar-refractivity contribution in [1.82, 2.24) is 0 Å². The number of nitrogens with one attached hydrogen (secondary N) is 1. The molecule has 0 fully saturated rings. The first-order chi connectivity index (χ1) is 19.7. The van der Waals surface area contributed by atoms with E-state index >= 15 is 0 Å². The molecule has 5 aromatic carbocycles. The van der Waals surface area contributed by atoms with Gasteiger partial charge in [0.1, 0.15) is 12.4 Å². The van der Waals surface area contributed by atoms with E-state index in [2.05, 4.69) is 102 Å². The number of allylic oxidation sites excluding steroid dienone is 2. The van der Waals surface area contributed by atoms with Crippen LogP contribution in [0.5, 0.6) is 5.75 Å². The fourth-order valence-corrected chi connectivity index (χ4v) is 6.32. The van der Waals surface area contributed by atoms with Crippen LogP contribution in [0.1, 0.15) is 40.6 Å². The first kappa shape index (κ1) is 24.7. The largest absolute Gasteiger partial charge is 0.487 e. The number of hydrogen-bond acceptors (Lipinski definition) is 3. The molecule has 5 aromatic rings. The Bertz CT molecular complexity index is 1740. The topological polar surface area (TPSA) is 33.6 Å². The lowest BCUT2D eigenvalue weighted by molar-refractivity contribution is 0.308. The maximum Gasteiger partial charge on any atom is 0.138 e. The maximum atomic E-state index is 6.58. The van der Waals surface area contributed by atoms with Gasteiger partial charge in [0.05, 0.1) is 16.8 Å². The monoisotopic (exact) mass is 540 g/mol. The zero-order chi connectivity index (χ0) is 26.9. The molecule has 0 saturated heterocycles. The van der Waals surface area contributed by atoms with E-state index in [4.69, 9.17) is 21.3 Å². The van der Waals surface area contributed by atoms with E-state index in [9.17, 15) is 0 Å². The molecule has 7 rings (SSSR count). The average molecular weight is 541 g/mol. The number of benzene rings is 5. The summed E-state index contributed by atoms with van der Waals surface area (Å²) in [6.07, 6.45) is 7.65. The van der Waals surface area contributed by atoms with Crippen molar-refractivity contribution in [2.45, 2.75) is 25.0 Å². The van der Waals surface area contributed by atoms with Crippen LogP contribution in [0.4, 0.5) is 11.4 Å². The quantitative estimate of drug-likeness (QED) is 0.172. The third kappa shape index (κ3) is 4.78. The van der Waals surface area contributed by atoms with Crippen molar-refractivity contribution in [3.63, 3.8) is 0 Å². The summed E-state index contributed by atoms with van der Waals surface area (Å²) >= 11 is 6.58. The highest BCUT2D eigenvalue weighted by Gasteiger charge is 2.37. The summed E-state index contributed by atoms with van der Waals surface area (Å²) < 4.78 is 6.08. The minimum absolute atomic E-state index is 0.285. The number of rotatable bonds is 6. The lowest BCUT2D eigenvalue weighted by Gasteiger charge is -2.37. The molecule has 0 bridgehead atoms. The van der Waals surface area contributed by atoms with Crippen LogP contribution in [0.3, 0.4) is 0 Å². The number of anilines is 1. The van der Waals surface area contributed by atoms with Gasteiger partial charge < -0.3 is 10.1 Å². The summed E-state index contributed by atoms with van der Waals surface area (Å²) in [7, 11) is 0. The van der Waals surface area contributed by atoms with Crippen molar-refractivity contribution in [2.75, 3.05) is 5.32 Å². The molecule has 0 spiro atoms. The molecule has 1 N–H and O–H groups in total. The Kier molecular flexibility index (Phi) is 6.59. The minimum atomic E-state index is 0.285. The number of fused-ring (bicyclic) bond motifs is 4. The fraction of sp³-hybridized carbons (Fsp3) is 0.139. The van der Waals surface area contributed by atoms with Crippen molar-refractivity contribution in [3.8, 4) is 5.75 Å². The van der Waals surface area contributed by atoms with E-state index < -0.39 is 0 Å². The molecular formula is C36H29ClN2O. The zero-order valence-electron chi connectivity index (χ0n) is 22.0. The van der Waals surface area contributed by atoms with Crippen molar-refractivity contribution in [1.29, 1.82) is 0 Å². The summed E-state index contributed by atoms with van der Waals surface area (Å²) in [5.41, 5.74) is 6.91. The number of hydrogen-bond donors (Lipinski definition) is 1. The van der Waals surface area contributed by atoms with Gasteiger partial charge in [0, 0.05) is 17.8 Å². The van der Waals surface area contributed by atoms with Gasteiger partial charge in [-0.3, -0.25) is 4.99 Å². The van der Waals surface area contributed by atoms with E-state index in [0.29, 0.717) is 29.2 Å². The van der Waals surface area contributed by atoms with E-state index in [0.717, 1.165) is 23.2 Å². The van der Waals surface area contributed by atoms with E-state index in [1.165, 1.54) is 27.6 Å². The van der Waals surface area contributed by atoms with Crippen LogP contribution in [0.2, 0.25) is 5.02 Å². The van der Waals surface area contributed by atoms with Crippen LogP contribution in [0.15, 0.2) is 126 Å². The third-order valence-corrected chi connectivity index (χ3v) is 8.40. The second-order valence-electron chi connectivity index (χ2n) is 10.5. The standard InChI is InChI=1S/C36H29ClN2O/c37-33-21-24(15-20-35(33)40-23-27-9-5-8-25-7-1-2-10-29(25)27)22-38-28-18-16-26(17-19-28)36-32-13-6-12-30(32)31-11-3-4-14-34(31)39-36/h1-12,14-22,30,32,36,39H,13,23H2/t30-,32-,36+/m1/s1. The van der Waals surface area contributed by atoms with Crippen molar-refractivity contribution >= 4 is 40.0 Å². The average Bonchev–Trinajstić information content (AvgIpc) is 3.50. The van der Waals surface area contributed by atoms with Crippen molar-refractivity contribution in [3.05, 3.63) is 149 Å². The molecule has 0 radical (unpaired) electrons. The number of nitrogens with zero attached hydrogens (tertiary/aromatic N) is 1. The fourth-order valence-electron chi connectivity index (χ4n) is 6.08. The number of ether oxygens (including phenoxy) is 1. The molecule has 3 nitrogen and oxygen atoms in total. The van der Waals surface area contributed by atoms with E-state index in [1.807, 2.05) is 30.5 Å². The van der Waals surface area contributed by atoms with Gasteiger partial charge in [-0.2, -0.15) is 0 Å². The minimum Gasteiger partial charge on any atom is -0.487 e. The summed E-state index contributed by atoms with van der Waals surface area (Å²) in [5, 5.41) is 6.77. The Balaban J connectivity index is 1.03. The molecular weight excluding hydrogens is 512 g/mol. The van der Waals surface area contributed by atoms with Gasteiger partial charge in [0.15, 0.2) is 0 Å². The van der Waals surface area contributed by atoms with Crippen molar-refractivity contribution < 1.29 is 4.74 Å². The van der Waals surface area contributed by atoms with E-state index in [-0.39, 0.29) is 6.04 Å². The summed E-state index contributed by atoms with van der Waals surface area (Å²) in [6.45, 7) is 0.458. The highest BCUT2D eigenvalue weighted by Crippen LogP contribution is 2.49. The van der Waals surface area contributed by atoms with Gasteiger partial charge in [0.2, 0.25) is 0 Å². The highest BCUT2D eigenvalue weighted by molar-refractivity contribution is 6.32. The smallest absolute Gasteiger partial charge is 0.138 e. The molecule has 0 unspecified atom stereocenters. The van der Waals surface area contributed by atoms with E-state index in [1.54, 1.807) is 0 Å². The third-order valence-electron chi connectivity index (χ3n) is 8.11. The van der Waals surface area contributed by atoms with Gasteiger partial charge in [-0.1, -0.05) is 96.5 Å². The van der Waals surface area contributed by atoms with Gasteiger partial charge in [-0.15, -0.1) is 0 Å². The molecule has 1 heterocycles. The SMILES string of the molecule is Clc1cc(C=Nc2ccc([C@@H]3Nc4ccccc4[C@H]4C=CC[C@H]43)cc2)ccc1OCc1cccc2ccccc12. The molecule has 0 aromatic heterocycles. The van der Waals surface area contributed by atoms with Crippen LogP contribution in [-0.2, 0) is 6.61 Å². The first-order valence-electron chi connectivity index (χ1n) is 13.8. The zero-order valence-corrected chi connectivity index (χ0v) is 22.8. The first-order valence-corrected chi connectivity index (χ1v) is 14.2. The summed E-state index contributed by atoms with van der Waals surface area (Å²) in [4.78, 5) is 4.71. The van der Waals surface area contributed by atoms with Crippen LogP contribution >= 0.6 is 11.6 Å². The molecule has 196 valence electrons. The second kappa shape index (κ2) is 10.7. The van der Waals surface area contributed by atoms with Crippen LogP contribution in [0, 0.1) is 5.92 Å². The maximum absolute atomic E-state index is 6.58. The second-order valence-corrected chi connectivity index (χ2v) is 10.9. The molecule has 2 aliphatic rings. The Hall–Kier alpha value is -4.34. The molecule has 3 atom stereocenters. The van der Waals surface area contributed by atoms with Crippen LogP contribution in [-0.4, -0.2) is 6.21 Å². The Morgan fingerprint density at radius 3 is 2.60 bits per heavy atom. The lowest BCUT2D eigenvalue weighted by Crippen LogP contribution is -2.28. The molecule has 0 amide bonds. The van der Waals surface area contributed by atoms with Crippen LogP contribution in [0.25, 0.3) is 10.8 Å². The molecule has 1 aliphatic carbocycles. The predicted molar refractivity (Wildman–Crippen MR) is 166 cm³/mol. The molecule has 4 heteroatoms. The summed E-state index contributed by atoms with van der Waals surface area (Å²) in [6, 6.07) is 37.9. The normalized spacial score (nSPS) is 19.4. The lowest BCUT2D eigenvalue weighted by atomic mass is 9.77. The Labute approximate surface area is 239 Å². The predicted octanol–water partition coefficient (Wildman–Crippen LogP) is 9.65. The van der Waals surface area contributed by atoms with Gasteiger partial charge in [0.25, 0.3) is 0 Å². The number of para-hydroxylation sites is 1. The van der Waals surface area contributed by atoms with Gasteiger partial charge >= 0.3 is 0 Å². The number of halogens is 1. The van der Waals surface area contributed by atoms with Gasteiger partial charge in [-0.05, 0) is 81.8 Å². The Morgan fingerprint density at radius 2 is 1.70 bits per heavy atom. The molecule has 1 aliphatic heterocycles. The highest BCUT2D eigenvalue weighted by atomic mass is 35.5. The van der Waals surface area contributed by atoms with Gasteiger partial charge in [-0.25, -0.2) is 0 Å². The summed E-state index contributed by atoms with van der Waals surface area (Å²) in [5.74, 6) is 1.67. The van der Waals surface area contributed by atoms with Crippen molar-refractivity contribution in [2.24, 2.45) is 10.9 Å². The molecule has 0 saturated carbocycles. The number of aliphatic imine (C=N–C) groups is 1. The van der Waals surface area contributed by atoms with Crippen LogP contribution < -0.4 is 10.1 Å². The molecule has 40 heavy (non-hydrogen) atoms.